The van der Waals surface area contributed by atoms with Gasteiger partial charge in [0, 0.05) is 21.4 Å². The van der Waals surface area contributed by atoms with Gasteiger partial charge in [0.05, 0.1) is 10.0 Å². The summed E-state index contributed by atoms with van der Waals surface area (Å²) in [5.41, 5.74) is 1.49. The molecule has 0 fully saturated rings. The van der Waals surface area contributed by atoms with Crippen LogP contribution in [0.5, 0.6) is 0 Å². The maximum atomic E-state index is 11.8. The van der Waals surface area contributed by atoms with Gasteiger partial charge < -0.3 is 0 Å². The van der Waals surface area contributed by atoms with Crippen LogP contribution in [0.1, 0.15) is 11.1 Å². The van der Waals surface area contributed by atoms with E-state index >= 15 is 0 Å². The quantitative estimate of drug-likeness (QED) is 0.611. The van der Waals surface area contributed by atoms with Crippen molar-refractivity contribution in [3.05, 3.63) is 45.4 Å². The van der Waals surface area contributed by atoms with E-state index in [2.05, 4.69) is 0 Å². The number of halogens is 4. The Bertz CT molecular complexity index is 959. The van der Waals surface area contributed by atoms with E-state index in [4.69, 9.17) is 44.6 Å². The lowest BCUT2D eigenvalue weighted by molar-refractivity contribution is 0.607. The molecule has 0 atom stereocenters. The van der Waals surface area contributed by atoms with E-state index in [-0.39, 0.29) is 19.8 Å². The van der Waals surface area contributed by atoms with Gasteiger partial charge >= 0.3 is 0 Å². The van der Waals surface area contributed by atoms with Crippen LogP contribution in [0, 0.1) is 13.8 Å². The average molecular weight is 448 g/mol. The Labute approximate surface area is 159 Å². The molecule has 0 saturated heterocycles. The first-order chi connectivity index (χ1) is 10.9. The largest absolute Gasteiger partial charge is 0.263 e. The average Bonchev–Trinajstić information content (AvgIpc) is 2.37. The number of rotatable bonds is 3. The van der Waals surface area contributed by atoms with E-state index in [1.807, 2.05) is 0 Å². The van der Waals surface area contributed by atoms with E-state index in [0.717, 1.165) is 0 Å². The summed E-state index contributed by atoms with van der Waals surface area (Å²) in [6, 6.07) is 5.90. The van der Waals surface area contributed by atoms with E-state index in [1.165, 1.54) is 26.0 Å². The van der Waals surface area contributed by atoms with Crippen LogP contribution in [0.25, 0.3) is 11.1 Å². The van der Waals surface area contributed by atoms with E-state index in [1.54, 1.807) is 12.1 Å². The highest BCUT2D eigenvalue weighted by atomic mass is 35.7. The minimum absolute atomic E-state index is 0.0249. The minimum Gasteiger partial charge on any atom is -0.207 e. The van der Waals surface area contributed by atoms with Gasteiger partial charge in [0.1, 0.15) is 9.79 Å². The van der Waals surface area contributed by atoms with Crippen LogP contribution in [-0.2, 0) is 18.1 Å². The summed E-state index contributed by atoms with van der Waals surface area (Å²) in [5.74, 6) is 0. The summed E-state index contributed by atoms with van der Waals surface area (Å²) < 4.78 is 47.1. The zero-order valence-corrected chi connectivity index (χ0v) is 16.9. The summed E-state index contributed by atoms with van der Waals surface area (Å²) in [5, 5.41) is -0.0499. The molecule has 0 spiro atoms. The molecule has 0 saturated carbocycles. The number of hydrogen-bond acceptors (Lipinski definition) is 4. The Morgan fingerprint density at radius 3 is 1.21 bits per heavy atom. The van der Waals surface area contributed by atoms with Crippen LogP contribution >= 0.6 is 44.6 Å². The normalized spacial score (nSPS) is 12.4. The third-order valence-electron chi connectivity index (χ3n) is 3.49. The van der Waals surface area contributed by atoms with E-state index < -0.39 is 18.1 Å². The smallest absolute Gasteiger partial charge is 0.207 e. The second kappa shape index (κ2) is 6.67. The van der Waals surface area contributed by atoms with Gasteiger partial charge in [-0.25, -0.2) is 16.8 Å². The Morgan fingerprint density at radius 2 is 0.958 bits per heavy atom. The van der Waals surface area contributed by atoms with Gasteiger partial charge in [0.2, 0.25) is 0 Å². The van der Waals surface area contributed by atoms with Crippen molar-refractivity contribution in [2.24, 2.45) is 0 Å². The zero-order chi connectivity index (χ0) is 18.4. The fourth-order valence-corrected chi connectivity index (χ4v) is 6.50. The third kappa shape index (κ3) is 3.69. The molecule has 0 aliphatic rings. The van der Waals surface area contributed by atoms with Crippen molar-refractivity contribution < 1.29 is 16.8 Å². The van der Waals surface area contributed by atoms with Crippen molar-refractivity contribution in [1.82, 2.24) is 0 Å². The van der Waals surface area contributed by atoms with Crippen LogP contribution in [0.4, 0.5) is 0 Å². The highest BCUT2D eigenvalue weighted by Crippen LogP contribution is 2.39. The van der Waals surface area contributed by atoms with Crippen molar-refractivity contribution in [2.75, 3.05) is 0 Å². The topological polar surface area (TPSA) is 68.3 Å². The second-order valence-electron chi connectivity index (χ2n) is 4.97. The summed E-state index contributed by atoms with van der Waals surface area (Å²) in [6.45, 7) is 3.05. The molecule has 0 heterocycles. The van der Waals surface area contributed by atoms with E-state index in [0.29, 0.717) is 22.3 Å². The molecule has 0 aliphatic carbocycles. The maximum Gasteiger partial charge on any atom is 0.263 e. The molecule has 0 radical (unpaired) electrons. The molecular weight excluding hydrogens is 438 g/mol. The fraction of sp³-hybridized carbons (Fsp3) is 0.143. The van der Waals surface area contributed by atoms with Gasteiger partial charge in [0.25, 0.3) is 18.1 Å². The molecular formula is C14H10Cl4O4S2. The summed E-state index contributed by atoms with van der Waals surface area (Å²) in [7, 11) is 2.73. The molecule has 0 aromatic heterocycles. The lowest BCUT2D eigenvalue weighted by atomic mass is 9.96. The van der Waals surface area contributed by atoms with Gasteiger partial charge in [0.15, 0.2) is 0 Å². The molecule has 130 valence electrons. The standard InChI is InChI=1S/C14H10Cl4O4S2/c1-7-9(3-5-11(15)13(7)23(17,19)20)10-4-6-12(16)14(8(10)2)24(18,21)22/h3-6H,1-2H3. The third-order valence-corrected chi connectivity index (χ3v) is 7.30. The lowest BCUT2D eigenvalue weighted by Gasteiger charge is -2.15. The molecule has 0 N–H and O–H groups in total. The molecule has 4 nitrogen and oxygen atoms in total. The van der Waals surface area contributed by atoms with E-state index in [9.17, 15) is 16.8 Å². The molecule has 10 heteroatoms. The van der Waals surface area contributed by atoms with Crippen LogP contribution in [0.3, 0.4) is 0 Å². The van der Waals surface area contributed by atoms with Gasteiger partial charge in [-0.05, 0) is 48.2 Å². The minimum atomic E-state index is -4.08. The first-order valence-electron chi connectivity index (χ1n) is 6.33. The highest BCUT2D eigenvalue weighted by Gasteiger charge is 2.24. The Balaban J connectivity index is 2.90. The molecule has 2 rings (SSSR count). The van der Waals surface area contributed by atoms with Gasteiger partial charge in [-0.1, -0.05) is 35.3 Å². The Morgan fingerprint density at radius 1 is 0.667 bits per heavy atom. The summed E-state index contributed by atoms with van der Waals surface area (Å²) in [4.78, 5) is -0.457. The predicted molar refractivity (Wildman–Crippen MR) is 97.4 cm³/mol. The fourth-order valence-electron chi connectivity index (χ4n) is 2.50. The predicted octanol–water partition coefficient (Wildman–Crippen LogP) is 5.13. The lowest BCUT2D eigenvalue weighted by Crippen LogP contribution is -2.01. The molecule has 24 heavy (non-hydrogen) atoms. The Kier molecular flexibility index (Phi) is 5.50. The molecule has 2 aromatic carbocycles. The molecule has 0 bridgehead atoms. The molecule has 2 aromatic rings. The molecule has 0 amide bonds. The van der Waals surface area contributed by atoms with Crippen molar-refractivity contribution >= 4 is 62.7 Å². The highest BCUT2D eigenvalue weighted by molar-refractivity contribution is 8.14. The SMILES string of the molecule is Cc1c(-c2ccc(Cl)c(S(=O)(=O)Cl)c2C)ccc(Cl)c1S(=O)(=O)Cl. The van der Waals surface area contributed by atoms with Crippen molar-refractivity contribution in [3.8, 4) is 11.1 Å². The van der Waals surface area contributed by atoms with Crippen LogP contribution in [0.15, 0.2) is 34.1 Å². The molecule has 0 unspecified atom stereocenters. The summed E-state index contributed by atoms with van der Waals surface area (Å²) >= 11 is 11.9. The second-order valence-corrected chi connectivity index (χ2v) is 10.8. The first-order valence-corrected chi connectivity index (χ1v) is 11.7. The summed E-state index contributed by atoms with van der Waals surface area (Å²) in [6.07, 6.45) is 0. The zero-order valence-electron chi connectivity index (χ0n) is 12.3. The van der Waals surface area contributed by atoms with Crippen LogP contribution in [0.2, 0.25) is 10.0 Å². The molecule has 0 aliphatic heterocycles. The number of hydrogen-bond donors (Lipinski definition) is 0. The van der Waals surface area contributed by atoms with Gasteiger partial charge in [-0.15, -0.1) is 0 Å². The number of benzene rings is 2. The van der Waals surface area contributed by atoms with Gasteiger partial charge in [-0.3, -0.25) is 0 Å². The monoisotopic (exact) mass is 446 g/mol. The first kappa shape index (κ1) is 19.8. The van der Waals surface area contributed by atoms with Crippen molar-refractivity contribution in [2.45, 2.75) is 23.6 Å². The van der Waals surface area contributed by atoms with Crippen molar-refractivity contribution in [1.29, 1.82) is 0 Å². The van der Waals surface area contributed by atoms with Crippen LogP contribution in [-0.4, -0.2) is 16.8 Å². The Hall–Kier alpha value is -0.500. The van der Waals surface area contributed by atoms with Gasteiger partial charge in [-0.2, -0.15) is 0 Å². The van der Waals surface area contributed by atoms with Crippen molar-refractivity contribution in [3.63, 3.8) is 0 Å². The maximum absolute atomic E-state index is 11.8. The van der Waals surface area contributed by atoms with Crippen LogP contribution < -0.4 is 0 Å².